The molecule has 0 bridgehead atoms. The maximum atomic E-state index is 13.2. The molecule has 2 saturated heterocycles. The third-order valence-electron chi connectivity index (χ3n) is 5.58. The van der Waals surface area contributed by atoms with Crippen LogP contribution in [0.15, 0.2) is 36.7 Å². The van der Waals surface area contributed by atoms with E-state index >= 15 is 0 Å². The predicted octanol–water partition coefficient (Wildman–Crippen LogP) is 3.80. The fraction of sp³-hybridized carbons (Fsp3) is 0.429. The maximum absolute atomic E-state index is 13.2. The molecule has 2 aliphatic heterocycles. The van der Waals surface area contributed by atoms with Crippen molar-refractivity contribution in [1.82, 2.24) is 14.9 Å². The molecule has 4 heterocycles. The normalized spacial score (nSPS) is 20.9. The zero-order chi connectivity index (χ0) is 18.9. The van der Waals surface area contributed by atoms with Crippen molar-refractivity contribution in [1.29, 1.82) is 0 Å². The van der Waals surface area contributed by atoms with Gasteiger partial charge in [0.2, 0.25) is 0 Å². The molecule has 0 aliphatic carbocycles. The molecule has 0 saturated carbocycles. The zero-order valence-electron chi connectivity index (χ0n) is 15.7. The molecule has 5 nitrogen and oxygen atoms in total. The quantitative estimate of drug-likeness (QED) is 0.669. The first-order valence-corrected chi connectivity index (χ1v) is 10.7. The van der Waals surface area contributed by atoms with Gasteiger partial charge in [0, 0.05) is 44.2 Å². The molecule has 2 aliphatic rings. The summed E-state index contributed by atoms with van der Waals surface area (Å²) in [5.41, 5.74) is 1.97. The van der Waals surface area contributed by atoms with Crippen LogP contribution in [0, 0.1) is 5.82 Å². The molecule has 7 heteroatoms. The summed E-state index contributed by atoms with van der Waals surface area (Å²) in [7, 11) is 0. The first-order valence-electron chi connectivity index (χ1n) is 9.86. The summed E-state index contributed by atoms with van der Waals surface area (Å²) in [6, 6.07) is 8.71. The summed E-state index contributed by atoms with van der Waals surface area (Å²) in [6.45, 7) is 5.94. The highest BCUT2D eigenvalue weighted by molar-refractivity contribution is 7.22. The average molecular weight is 399 g/mol. The number of thiophene rings is 1. The van der Waals surface area contributed by atoms with Crippen molar-refractivity contribution in [2.24, 2.45) is 0 Å². The molecule has 1 aromatic carbocycles. The van der Waals surface area contributed by atoms with E-state index in [0.29, 0.717) is 6.10 Å². The number of aromatic nitrogens is 2. The van der Waals surface area contributed by atoms with Crippen molar-refractivity contribution < 1.29 is 9.13 Å². The molecule has 0 amide bonds. The number of benzene rings is 1. The van der Waals surface area contributed by atoms with Crippen LogP contribution < -0.4 is 4.90 Å². The van der Waals surface area contributed by atoms with Crippen LogP contribution in [0.1, 0.15) is 12.8 Å². The number of halogens is 1. The number of anilines is 1. The fourth-order valence-corrected chi connectivity index (χ4v) is 5.18. The minimum Gasteiger partial charge on any atom is -0.377 e. The van der Waals surface area contributed by atoms with Crippen molar-refractivity contribution in [3.05, 3.63) is 42.5 Å². The lowest BCUT2D eigenvalue weighted by Gasteiger charge is -2.36. The smallest absolute Gasteiger partial charge is 0.150 e. The lowest BCUT2D eigenvalue weighted by atomic mass is 10.2. The Morgan fingerprint density at radius 2 is 1.93 bits per heavy atom. The Labute approximate surface area is 167 Å². The van der Waals surface area contributed by atoms with Crippen LogP contribution in [-0.4, -0.2) is 60.3 Å². The Hall–Kier alpha value is -2.09. The Morgan fingerprint density at radius 3 is 2.68 bits per heavy atom. The number of ether oxygens (including phenoxy) is 1. The number of hydrogen-bond acceptors (Lipinski definition) is 6. The van der Waals surface area contributed by atoms with Gasteiger partial charge in [-0.2, -0.15) is 0 Å². The number of nitrogens with zero attached hydrogens (tertiary/aromatic N) is 4. The van der Waals surface area contributed by atoms with Gasteiger partial charge in [0.25, 0.3) is 0 Å². The molecular weight excluding hydrogens is 375 g/mol. The Kier molecular flexibility index (Phi) is 4.96. The Morgan fingerprint density at radius 1 is 1.11 bits per heavy atom. The van der Waals surface area contributed by atoms with Gasteiger partial charge in [-0.3, -0.25) is 4.90 Å². The minimum atomic E-state index is -0.216. The molecule has 5 rings (SSSR count). The topological polar surface area (TPSA) is 41.5 Å². The van der Waals surface area contributed by atoms with Crippen molar-refractivity contribution in [2.45, 2.75) is 18.9 Å². The van der Waals surface area contributed by atoms with Crippen molar-refractivity contribution in [3.8, 4) is 10.4 Å². The van der Waals surface area contributed by atoms with E-state index in [-0.39, 0.29) is 5.82 Å². The number of piperazine rings is 1. The van der Waals surface area contributed by atoms with Crippen molar-refractivity contribution in [3.63, 3.8) is 0 Å². The number of rotatable bonds is 4. The van der Waals surface area contributed by atoms with Crippen LogP contribution in [0.3, 0.4) is 0 Å². The van der Waals surface area contributed by atoms with E-state index in [1.165, 1.54) is 25.0 Å². The molecule has 2 aromatic heterocycles. The van der Waals surface area contributed by atoms with Gasteiger partial charge >= 0.3 is 0 Å². The van der Waals surface area contributed by atoms with E-state index < -0.39 is 0 Å². The van der Waals surface area contributed by atoms with Gasteiger partial charge in [0.15, 0.2) is 0 Å². The second kappa shape index (κ2) is 7.73. The predicted molar refractivity (Wildman–Crippen MR) is 110 cm³/mol. The summed E-state index contributed by atoms with van der Waals surface area (Å²) in [6.07, 6.45) is 4.44. The first kappa shape index (κ1) is 18.0. The number of fused-ring (bicyclic) bond motifs is 1. The molecule has 146 valence electrons. The van der Waals surface area contributed by atoms with Gasteiger partial charge in [-0.1, -0.05) is 12.1 Å². The van der Waals surface area contributed by atoms with E-state index in [4.69, 9.17) is 4.74 Å². The van der Waals surface area contributed by atoms with Gasteiger partial charge < -0.3 is 9.64 Å². The molecule has 2 fully saturated rings. The van der Waals surface area contributed by atoms with E-state index in [1.807, 2.05) is 12.1 Å². The van der Waals surface area contributed by atoms with E-state index in [0.717, 1.165) is 65.8 Å². The highest BCUT2D eigenvalue weighted by Crippen LogP contribution is 2.37. The molecule has 1 atom stereocenters. The van der Waals surface area contributed by atoms with E-state index in [1.54, 1.807) is 17.7 Å². The highest BCUT2D eigenvalue weighted by Gasteiger charge is 2.24. The molecule has 28 heavy (non-hydrogen) atoms. The van der Waals surface area contributed by atoms with Gasteiger partial charge in [0.1, 0.15) is 18.0 Å². The van der Waals surface area contributed by atoms with Crippen LogP contribution in [-0.2, 0) is 4.74 Å². The van der Waals surface area contributed by atoms with Crippen LogP contribution in [0.2, 0.25) is 0 Å². The Bertz CT molecular complexity index is 947. The van der Waals surface area contributed by atoms with E-state index in [9.17, 15) is 4.39 Å². The second-order valence-electron chi connectivity index (χ2n) is 7.45. The van der Waals surface area contributed by atoms with Gasteiger partial charge in [0.05, 0.1) is 16.3 Å². The van der Waals surface area contributed by atoms with Crippen LogP contribution >= 0.6 is 11.3 Å². The lowest BCUT2D eigenvalue weighted by molar-refractivity contribution is 0.0712. The Balaban J connectivity index is 1.34. The highest BCUT2D eigenvalue weighted by atomic mass is 32.1. The van der Waals surface area contributed by atoms with Crippen molar-refractivity contribution in [2.75, 3.05) is 44.2 Å². The van der Waals surface area contributed by atoms with E-state index in [2.05, 4.69) is 25.8 Å². The molecule has 3 aromatic rings. The standard InChI is InChI=1S/C21H23FN4OS/c22-16-5-3-15(4-6-16)19-12-18-20(28-19)21(24-14-23-18)26-9-7-25(8-10-26)13-17-2-1-11-27-17/h3-6,12,14,17H,1-2,7-11,13H2/t17-/m1/s1. The fourth-order valence-electron chi connectivity index (χ4n) is 4.04. The third-order valence-corrected chi connectivity index (χ3v) is 6.75. The molecule has 0 spiro atoms. The van der Waals surface area contributed by atoms with Crippen molar-refractivity contribution >= 4 is 27.4 Å². The summed E-state index contributed by atoms with van der Waals surface area (Å²) < 4.78 is 20.1. The van der Waals surface area contributed by atoms with Crippen LogP contribution in [0.25, 0.3) is 20.7 Å². The minimum absolute atomic E-state index is 0.216. The number of hydrogen-bond donors (Lipinski definition) is 0. The summed E-state index contributed by atoms with van der Waals surface area (Å²) in [4.78, 5) is 15.0. The summed E-state index contributed by atoms with van der Waals surface area (Å²) >= 11 is 1.68. The second-order valence-corrected chi connectivity index (χ2v) is 8.50. The van der Waals surface area contributed by atoms with Crippen LogP contribution in [0.4, 0.5) is 10.2 Å². The molecule has 0 N–H and O–H groups in total. The first-order chi connectivity index (χ1) is 13.8. The SMILES string of the molecule is Fc1ccc(-c2cc3ncnc(N4CCN(C[C@H]5CCCO5)CC4)c3s2)cc1. The van der Waals surface area contributed by atoms with Crippen LogP contribution in [0.5, 0.6) is 0 Å². The third kappa shape index (κ3) is 3.62. The largest absolute Gasteiger partial charge is 0.377 e. The molecule has 0 radical (unpaired) electrons. The summed E-state index contributed by atoms with van der Waals surface area (Å²) in [5, 5.41) is 0. The van der Waals surface area contributed by atoms with Gasteiger partial charge in [-0.25, -0.2) is 14.4 Å². The molecular formula is C21H23FN4OS. The monoisotopic (exact) mass is 398 g/mol. The zero-order valence-corrected chi connectivity index (χ0v) is 16.5. The average Bonchev–Trinajstić information content (AvgIpc) is 3.38. The van der Waals surface area contributed by atoms with Gasteiger partial charge in [-0.15, -0.1) is 11.3 Å². The lowest BCUT2D eigenvalue weighted by Crippen LogP contribution is -2.48. The molecule has 0 unspecified atom stereocenters. The maximum Gasteiger partial charge on any atom is 0.150 e. The summed E-state index contributed by atoms with van der Waals surface area (Å²) in [5.74, 6) is 0.798. The van der Waals surface area contributed by atoms with Gasteiger partial charge in [-0.05, 0) is 36.6 Å².